The van der Waals surface area contributed by atoms with Crippen molar-refractivity contribution in [1.29, 1.82) is 0 Å². The molecule has 4 aromatic carbocycles. The molecular formula is C33H29BrN2O5. The normalized spacial score (nSPS) is 13.8. The first-order valence-corrected chi connectivity index (χ1v) is 13.8. The average Bonchev–Trinajstić information content (AvgIpc) is 3.28. The maximum atomic E-state index is 13.1. The predicted octanol–water partition coefficient (Wildman–Crippen LogP) is 7.43. The first-order chi connectivity index (χ1) is 20.0. The van der Waals surface area contributed by atoms with Gasteiger partial charge in [0.15, 0.2) is 23.0 Å². The van der Waals surface area contributed by atoms with Crippen LogP contribution in [0.5, 0.6) is 23.0 Å². The van der Waals surface area contributed by atoms with Gasteiger partial charge in [-0.2, -0.15) is 10.1 Å². The van der Waals surface area contributed by atoms with Crippen LogP contribution in [0.3, 0.4) is 0 Å². The van der Waals surface area contributed by atoms with Gasteiger partial charge >= 0.3 is 0 Å². The van der Waals surface area contributed by atoms with Gasteiger partial charge in [-0.1, -0.05) is 54.6 Å². The largest absolute Gasteiger partial charge is 0.493 e. The standard InChI is InChI=1S/C33H29BrN2O5/c1-22-27(33(37)36(35-22)26-12-8-5-9-13-26)16-25-17-28(34)32(31(19-25)39-3)41-21-24-14-15-29(30(18-24)38-2)40-20-23-10-6-4-7-11-23/h4-19H,20-21H2,1-3H3/b27-16-. The van der Waals surface area contributed by atoms with E-state index in [-0.39, 0.29) is 12.5 Å². The number of carbonyl (C=O) groups excluding carboxylic acids is 1. The van der Waals surface area contributed by atoms with Crippen molar-refractivity contribution in [2.75, 3.05) is 19.2 Å². The Bertz CT molecular complexity index is 1600. The zero-order valence-corrected chi connectivity index (χ0v) is 24.6. The van der Waals surface area contributed by atoms with E-state index in [0.29, 0.717) is 45.4 Å². The summed E-state index contributed by atoms with van der Waals surface area (Å²) in [6, 6.07) is 28.8. The number of hydrazone groups is 1. The first kappa shape index (κ1) is 28.0. The maximum absolute atomic E-state index is 13.1. The van der Waals surface area contributed by atoms with Crippen LogP contribution in [0.15, 0.2) is 106 Å². The number of amides is 1. The second-order valence-electron chi connectivity index (χ2n) is 9.28. The van der Waals surface area contributed by atoms with Crippen molar-refractivity contribution in [3.63, 3.8) is 0 Å². The molecule has 1 aliphatic heterocycles. The van der Waals surface area contributed by atoms with Crippen molar-refractivity contribution >= 4 is 39.3 Å². The number of rotatable bonds is 10. The fourth-order valence-corrected chi connectivity index (χ4v) is 4.94. The van der Waals surface area contributed by atoms with Gasteiger partial charge in [0.25, 0.3) is 5.91 Å². The van der Waals surface area contributed by atoms with Crippen molar-refractivity contribution in [2.45, 2.75) is 20.1 Å². The van der Waals surface area contributed by atoms with Crippen LogP contribution in [0.25, 0.3) is 6.08 Å². The molecule has 208 valence electrons. The highest BCUT2D eigenvalue weighted by molar-refractivity contribution is 9.10. The molecule has 8 heteroatoms. The van der Waals surface area contributed by atoms with Gasteiger partial charge < -0.3 is 18.9 Å². The van der Waals surface area contributed by atoms with E-state index < -0.39 is 0 Å². The number of methoxy groups -OCH3 is 2. The van der Waals surface area contributed by atoms with E-state index in [1.807, 2.05) is 97.9 Å². The highest BCUT2D eigenvalue weighted by Gasteiger charge is 2.28. The Kier molecular flexibility index (Phi) is 8.70. The molecule has 0 saturated carbocycles. The van der Waals surface area contributed by atoms with E-state index in [9.17, 15) is 4.79 Å². The smallest absolute Gasteiger partial charge is 0.280 e. The zero-order valence-electron chi connectivity index (χ0n) is 23.0. The summed E-state index contributed by atoms with van der Waals surface area (Å²) in [6.45, 7) is 2.55. The zero-order chi connectivity index (χ0) is 28.8. The number of hydrogen-bond acceptors (Lipinski definition) is 6. The second kappa shape index (κ2) is 12.7. The van der Waals surface area contributed by atoms with Crippen LogP contribution >= 0.6 is 15.9 Å². The van der Waals surface area contributed by atoms with Gasteiger partial charge in [0.2, 0.25) is 0 Å². The number of benzene rings is 4. The maximum Gasteiger partial charge on any atom is 0.280 e. The molecule has 0 bridgehead atoms. The summed E-state index contributed by atoms with van der Waals surface area (Å²) < 4.78 is 24.0. The van der Waals surface area contributed by atoms with Crippen LogP contribution in [-0.4, -0.2) is 25.8 Å². The van der Waals surface area contributed by atoms with Crippen LogP contribution in [0, 0.1) is 0 Å². The molecule has 1 amide bonds. The van der Waals surface area contributed by atoms with Crippen molar-refractivity contribution in [3.05, 3.63) is 118 Å². The van der Waals surface area contributed by atoms with Crippen LogP contribution in [0.4, 0.5) is 5.69 Å². The molecule has 0 unspecified atom stereocenters. The number of halogens is 1. The summed E-state index contributed by atoms with van der Waals surface area (Å²) in [5, 5.41) is 5.87. The van der Waals surface area contributed by atoms with E-state index in [1.165, 1.54) is 5.01 Å². The Morgan fingerprint density at radius 3 is 2.17 bits per heavy atom. The highest BCUT2D eigenvalue weighted by atomic mass is 79.9. The van der Waals surface area contributed by atoms with Gasteiger partial charge in [-0.15, -0.1) is 0 Å². The molecule has 0 spiro atoms. The Balaban J connectivity index is 1.30. The number of carbonyl (C=O) groups is 1. The Labute approximate surface area is 247 Å². The Morgan fingerprint density at radius 2 is 1.46 bits per heavy atom. The van der Waals surface area contributed by atoms with Crippen molar-refractivity contribution in [3.8, 4) is 23.0 Å². The number of hydrogen-bond donors (Lipinski definition) is 0. The third-order valence-electron chi connectivity index (χ3n) is 6.47. The first-order valence-electron chi connectivity index (χ1n) is 13.0. The predicted molar refractivity (Wildman–Crippen MR) is 164 cm³/mol. The molecule has 0 atom stereocenters. The third-order valence-corrected chi connectivity index (χ3v) is 7.06. The molecule has 0 saturated heterocycles. The minimum absolute atomic E-state index is 0.186. The van der Waals surface area contributed by atoms with E-state index in [1.54, 1.807) is 20.3 Å². The molecule has 7 nitrogen and oxygen atoms in total. The quantitative estimate of drug-likeness (QED) is 0.174. The molecule has 41 heavy (non-hydrogen) atoms. The van der Waals surface area contributed by atoms with E-state index in [2.05, 4.69) is 21.0 Å². The molecular weight excluding hydrogens is 584 g/mol. The highest BCUT2D eigenvalue weighted by Crippen LogP contribution is 2.39. The lowest BCUT2D eigenvalue weighted by molar-refractivity contribution is -0.114. The van der Waals surface area contributed by atoms with Crippen molar-refractivity contribution in [1.82, 2.24) is 0 Å². The summed E-state index contributed by atoms with van der Waals surface area (Å²) in [4.78, 5) is 13.1. The van der Waals surface area contributed by atoms with Gasteiger partial charge in [0.05, 0.1) is 35.7 Å². The summed E-state index contributed by atoms with van der Waals surface area (Å²) in [5.41, 5.74) is 4.62. The molecule has 0 fully saturated rings. The van der Waals surface area contributed by atoms with Gasteiger partial charge in [-0.25, -0.2) is 0 Å². The van der Waals surface area contributed by atoms with Crippen molar-refractivity contribution in [2.24, 2.45) is 5.10 Å². The number of anilines is 1. The molecule has 1 heterocycles. The van der Waals surface area contributed by atoms with Crippen LogP contribution in [-0.2, 0) is 18.0 Å². The average molecular weight is 614 g/mol. The summed E-state index contributed by atoms with van der Waals surface area (Å²) in [7, 11) is 3.20. The minimum Gasteiger partial charge on any atom is -0.493 e. The molecule has 0 N–H and O–H groups in total. The summed E-state index contributed by atoms with van der Waals surface area (Å²) in [5.74, 6) is 2.17. The number of nitrogens with zero attached hydrogens (tertiary/aromatic N) is 2. The van der Waals surface area contributed by atoms with E-state index in [4.69, 9.17) is 18.9 Å². The van der Waals surface area contributed by atoms with Gasteiger partial charge in [-0.3, -0.25) is 4.79 Å². The van der Waals surface area contributed by atoms with Gasteiger partial charge in [-0.05, 0) is 82.0 Å². The number of ether oxygens (including phenoxy) is 4. The summed E-state index contributed by atoms with van der Waals surface area (Å²) >= 11 is 3.62. The van der Waals surface area contributed by atoms with E-state index in [0.717, 1.165) is 22.4 Å². The van der Waals surface area contributed by atoms with Crippen LogP contribution < -0.4 is 24.0 Å². The van der Waals surface area contributed by atoms with Crippen LogP contribution in [0.1, 0.15) is 23.6 Å². The summed E-state index contributed by atoms with van der Waals surface area (Å²) in [6.07, 6.45) is 1.81. The lowest BCUT2D eigenvalue weighted by atomic mass is 10.1. The van der Waals surface area contributed by atoms with Gasteiger partial charge in [0, 0.05) is 0 Å². The molecule has 1 aliphatic rings. The van der Waals surface area contributed by atoms with Crippen molar-refractivity contribution < 1.29 is 23.7 Å². The Hall–Kier alpha value is -4.56. The van der Waals surface area contributed by atoms with Gasteiger partial charge in [0.1, 0.15) is 13.2 Å². The monoisotopic (exact) mass is 612 g/mol. The topological polar surface area (TPSA) is 69.6 Å². The molecule has 0 aliphatic carbocycles. The SMILES string of the molecule is COc1cc(COc2c(Br)cc(/C=C3\C(=O)N(c4ccccc4)N=C3C)cc2OC)ccc1OCc1ccccc1. The lowest BCUT2D eigenvalue weighted by Gasteiger charge is -2.15. The Morgan fingerprint density at radius 1 is 0.780 bits per heavy atom. The molecule has 5 rings (SSSR count). The second-order valence-corrected chi connectivity index (χ2v) is 10.1. The third kappa shape index (κ3) is 6.44. The van der Waals surface area contributed by atoms with Crippen LogP contribution in [0.2, 0.25) is 0 Å². The molecule has 4 aromatic rings. The fraction of sp³-hybridized carbons (Fsp3) is 0.152. The lowest BCUT2D eigenvalue weighted by Crippen LogP contribution is -2.21. The fourth-order valence-electron chi connectivity index (χ4n) is 4.37. The molecule has 0 aromatic heterocycles. The van der Waals surface area contributed by atoms with E-state index >= 15 is 0 Å². The molecule has 0 radical (unpaired) electrons. The minimum atomic E-state index is -0.186. The number of para-hydroxylation sites is 1.